The Kier molecular flexibility index (Phi) is 8.57. The Balaban J connectivity index is 3.07. The summed E-state index contributed by atoms with van der Waals surface area (Å²) >= 11 is 0. The molecule has 0 rings (SSSR count). The van der Waals surface area contributed by atoms with Gasteiger partial charge in [0.2, 0.25) is 0 Å². The molecule has 0 aromatic heterocycles. The Morgan fingerprint density at radius 3 is 2.58 bits per heavy atom. The summed E-state index contributed by atoms with van der Waals surface area (Å²) in [6, 6.07) is 0. The van der Waals surface area contributed by atoms with Crippen LogP contribution in [0.4, 0.5) is 0 Å². The topological polar surface area (TPSA) is 20.2 Å². The minimum Gasteiger partial charge on any atom is -0.393 e. The van der Waals surface area contributed by atoms with Crippen molar-refractivity contribution in [1.82, 2.24) is 0 Å². The zero-order valence-electron chi connectivity index (χ0n) is 8.26. The van der Waals surface area contributed by atoms with Crippen LogP contribution in [0.1, 0.15) is 51.9 Å². The fraction of sp³-hybridized carbons (Fsp3) is 0.818. The van der Waals surface area contributed by atoms with Crippen molar-refractivity contribution in [2.45, 2.75) is 58.0 Å². The zero-order chi connectivity index (χ0) is 9.23. The van der Waals surface area contributed by atoms with Crippen molar-refractivity contribution >= 4 is 0 Å². The Morgan fingerprint density at radius 1 is 1.25 bits per heavy atom. The standard InChI is InChI=1S/C11H22O/c1-3-5-7-8-10-11(12)9-6-4-2/h4,11-12H,2-3,5-10H2,1H3/t11-/m0/s1. The Morgan fingerprint density at radius 2 is 2.00 bits per heavy atom. The summed E-state index contributed by atoms with van der Waals surface area (Å²) in [5.74, 6) is 0. The number of unbranched alkanes of at least 4 members (excludes halogenated alkanes) is 3. The first kappa shape index (κ1) is 11.7. The van der Waals surface area contributed by atoms with Crippen LogP contribution in [0.5, 0.6) is 0 Å². The fourth-order valence-corrected chi connectivity index (χ4v) is 1.26. The van der Waals surface area contributed by atoms with E-state index in [-0.39, 0.29) is 6.10 Å². The van der Waals surface area contributed by atoms with Gasteiger partial charge in [-0.15, -0.1) is 6.58 Å². The highest BCUT2D eigenvalue weighted by Gasteiger charge is 2.01. The van der Waals surface area contributed by atoms with Gasteiger partial charge in [0.05, 0.1) is 6.10 Å². The molecule has 0 aliphatic carbocycles. The molecule has 0 aliphatic rings. The molecule has 0 aromatic rings. The van der Waals surface area contributed by atoms with Gasteiger partial charge in [-0.25, -0.2) is 0 Å². The summed E-state index contributed by atoms with van der Waals surface area (Å²) in [5.41, 5.74) is 0. The van der Waals surface area contributed by atoms with E-state index in [0.717, 1.165) is 19.3 Å². The molecule has 1 atom stereocenters. The lowest BCUT2D eigenvalue weighted by molar-refractivity contribution is 0.152. The van der Waals surface area contributed by atoms with E-state index in [4.69, 9.17) is 0 Å². The second-order valence-corrected chi connectivity index (χ2v) is 3.37. The zero-order valence-corrected chi connectivity index (χ0v) is 8.26. The molecule has 0 saturated heterocycles. The summed E-state index contributed by atoms with van der Waals surface area (Å²) in [6.07, 6.45) is 9.57. The van der Waals surface area contributed by atoms with E-state index in [1.807, 2.05) is 6.08 Å². The van der Waals surface area contributed by atoms with Crippen molar-refractivity contribution in [3.05, 3.63) is 12.7 Å². The molecule has 0 spiro atoms. The van der Waals surface area contributed by atoms with Crippen LogP contribution in [0.15, 0.2) is 12.7 Å². The maximum absolute atomic E-state index is 9.43. The van der Waals surface area contributed by atoms with Crippen LogP contribution in [0.3, 0.4) is 0 Å². The minimum atomic E-state index is -0.0974. The van der Waals surface area contributed by atoms with E-state index >= 15 is 0 Å². The van der Waals surface area contributed by atoms with Gasteiger partial charge in [-0.05, 0) is 19.3 Å². The van der Waals surface area contributed by atoms with Crippen LogP contribution in [0.2, 0.25) is 0 Å². The second-order valence-electron chi connectivity index (χ2n) is 3.37. The minimum absolute atomic E-state index is 0.0974. The maximum atomic E-state index is 9.43. The molecule has 1 heteroatoms. The Hall–Kier alpha value is -0.300. The van der Waals surface area contributed by atoms with Gasteiger partial charge in [-0.3, -0.25) is 0 Å². The molecule has 0 saturated carbocycles. The number of aliphatic hydroxyl groups excluding tert-OH is 1. The van der Waals surface area contributed by atoms with Gasteiger partial charge in [-0.1, -0.05) is 38.7 Å². The molecule has 1 N–H and O–H groups in total. The monoisotopic (exact) mass is 170 g/mol. The number of rotatable bonds is 8. The number of allylic oxidation sites excluding steroid dienone is 1. The van der Waals surface area contributed by atoms with Crippen molar-refractivity contribution in [3.8, 4) is 0 Å². The van der Waals surface area contributed by atoms with Gasteiger partial charge >= 0.3 is 0 Å². The van der Waals surface area contributed by atoms with E-state index in [9.17, 15) is 5.11 Å². The van der Waals surface area contributed by atoms with E-state index in [0.29, 0.717) is 0 Å². The Bertz CT molecular complexity index is 99.2. The Labute approximate surface area is 76.5 Å². The summed E-state index contributed by atoms with van der Waals surface area (Å²) in [4.78, 5) is 0. The number of aliphatic hydroxyl groups is 1. The van der Waals surface area contributed by atoms with Crippen molar-refractivity contribution < 1.29 is 5.11 Å². The SMILES string of the molecule is C=CCC[C@H](O)CCCCCC. The molecule has 0 unspecified atom stereocenters. The molecule has 0 radical (unpaired) electrons. The van der Waals surface area contributed by atoms with Gasteiger partial charge < -0.3 is 5.11 Å². The first-order chi connectivity index (χ1) is 5.81. The van der Waals surface area contributed by atoms with Crippen molar-refractivity contribution in [3.63, 3.8) is 0 Å². The highest BCUT2D eigenvalue weighted by atomic mass is 16.3. The molecule has 0 amide bonds. The van der Waals surface area contributed by atoms with Gasteiger partial charge in [0.25, 0.3) is 0 Å². The normalized spacial score (nSPS) is 12.8. The third-order valence-electron chi connectivity index (χ3n) is 2.09. The van der Waals surface area contributed by atoms with E-state index in [1.165, 1.54) is 25.7 Å². The number of hydrogen-bond donors (Lipinski definition) is 1. The van der Waals surface area contributed by atoms with E-state index in [1.54, 1.807) is 0 Å². The van der Waals surface area contributed by atoms with Crippen LogP contribution in [-0.4, -0.2) is 11.2 Å². The lowest BCUT2D eigenvalue weighted by Crippen LogP contribution is -2.05. The van der Waals surface area contributed by atoms with Crippen molar-refractivity contribution in [2.24, 2.45) is 0 Å². The molecule has 12 heavy (non-hydrogen) atoms. The molecule has 0 heterocycles. The quantitative estimate of drug-likeness (QED) is 0.438. The third-order valence-corrected chi connectivity index (χ3v) is 2.09. The smallest absolute Gasteiger partial charge is 0.0543 e. The van der Waals surface area contributed by atoms with Crippen molar-refractivity contribution in [2.75, 3.05) is 0 Å². The molecule has 0 aromatic carbocycles. The summed E-state index contributed by atoms with van der Waals surface area (Å²) in [6.45, 7) is 5.83. The van der Waals surface area contributed by atoms with Crippen LogP contribution in [-0.2, 0) is 0 Å². The fourth-order valence-electron chi connectivity index (χ4n) is 1.26. The first-order valence-electron chi connectivity index (χ1n) is 5.10. The van der Waals surface area contributed by atoms with Crippen LogP contribution >= 0.6 is 0 Å². The molecule has 72 valence electrons. The largest absolute Gasteiger partial charge is 0.393 e. The number of hydrogen-bond acceptors (Lipinski definition) is 1. The summed E-state index contributed by atoms with van der Waals surface area (Å²) < 4.78 is 0. The van der Waals surface area contributed by atoms with E-state index in [2.05, 4.69) is 13.5 Å². The molecule has 0 bridgehead atoms. The lowest BCUT2D eigenvalue weighted by atomic mass is 10.1. The second kappa shape index (κ2) is 8.79. The molecular weight excluding hydrogens is 148 g/mol. The highest BCUT2D eigenvalue weighted by molar-refractivity contribution is 4.69. The highest BCUT2D eigenvalue weighted by Crippen LogP contribution is 2.09. The molecular formula is C11H22O. The van der Waals surface area contributed by atoms with Gasteiger partial charge in [0.15, 0.2) is 0 Å². The third kappa shape index (κ3) is 7.80. The predicted molar refractivity (Wildman–Crippen MR) is 54.2 cm³/mol. The molecule has 0 fully saturated rings. The van der Waals surface area contributed by atoms with Crippen LogP contribution in [0, 0.1) is 0 Å². The van der Waals surface area contributed by atoms with Crippen LogP contribution < -0.4 is 0 Å². The maximum Gasteiger partial charge on any atom is 0.0543 e. The average Bonchev–Trinajstić information content (AvgIpc) is 2.09. The summed E-state index contributed by atoms with van der Waals surface area (Å²) in [5, 5.41) is 9.43. The van der Waals surface area contributed by atoms with Crippen molar-refractivity contribution in [1.29, 1.82) is 0 Å². The van der Waals surface area contributed by atoms with Gasteiger partial charge in [0.1, 0.15) is 0 Å². The average molecular weight is 170 g/mol. The van der Waals surface area contributed by atoms with Crippen LogP contribution in [0.25, 0.3) is 0 Å². The lowest BCUT2D eigenvalue weighted by Gasteiger charge is -2.07. The predicted octanol–water partition coefficient (Wildman–Crippen LogP) is 3.28. The van der Waals surface area contributed by atoms with E-state index < -0.39 is 0 Å². The molecule has 0 aliphatic heterocycles. The molecule has 1 nitrogen and oxygen atoms in total. The van der Waals surface area contributed by atoms with Gasteiger partial charge in [-0.2, -0.15) is 0 Å². The first-order valence-corrected chi connectivity index (χ1v) is 5.10. The van der Waals surface area contributed by atoms with Gasteiger partial charge in [0, 0.05) is 0 Å². The summed E-state index contributed by atoms with van der Waals surface area (Å²) in [7, 11) is 0.